The Morgan fingerprint density at radius 2 is 2.05 bits per heavy atom. The van der Waals surface area contributed by atoms with E-state index < -0.39 is 10.0 Å². The molecule has 5 nitrogen and oxygen atoms in total. The summed E-state index contributed by atoms with van der Waals surface area (Å²) in [6, 6.07) is 8.34. The van der Waals surface area contributed by atoms with Crippen molar-refractivity contribution in [2.45, 2.75) is 31.2 Å². The molecule has 0 aliphatic rings. The molecule has 0 saturated carbocycles. The van der Waals surface area contributed by atoms with Crippen LogP contribution in [0.5, 0.6) is 0 Å². The second-order valence-corrected chi connectivity index (χ2v) is 6.45. The molecule has 0 fully saturated rings. The minimum atomic E-state index is -3.64. The highest BCUT2D eigenvalue weighted by Gasteiger charge is 2.22. The highest BCUT2D eigenvalue weighted by Crippen LogP contribution is 2.22. The lowest BCUT2D eigenvalue weighted by atomic mass is 10.2. The summed E-state index contributed by atoms with van der Waals surface area (Å²) in [5.41, 5.74) is 6.66. The molecule has 1 aromatic heterocycles. The molecule has 6 heteroatoms. The summed E-state index contributed by atoms with van der Waals surface area (Å²) in [4.78, 5) is 0.145. The summed E-state index contributed by atoms with van der Waals surface area (Å²) < 4.78 is 32.6. The van der Waals surface area contributed by atoms with Crippen LogP contribution in [0.1, 0.15) is 18.2 Å². The van der Waals surface area contributed by atoms with E-state index in [-0.39, 0.29) is 16.6 Å². The first-order chi connectivity index (χ1) is 9.40. The smallest absolute Gasteiger partial charge is 0.243 e. The summed E-state index contributed by atoms with van der Waals surface area (Å²) in [5.74, 6) is 0.734. The third-order valence-electron chi connectivity index (χ3n) is 2.95. The Hall–Kier alpha value is -1.79. The van der Waals surface area contributed by atoms with Crippen LogP contribution < -0.4 is 10.5 Å². The van der Waals surface area contributed by atoms with Crippen LogP contribution in [0.4, 0.5) is 5.69 Å². The number of nitrogens with one attached hydrogen (secondary N) is 1. The highest BCUT2D eigenvalue weighted by molar-refractivity contribution is 7.89. The molecule has 108 valence electrons. The van der Waals surface area contributed by atoms with Gasteiger partial charge >= 0.3 is 0 Å². The van der Waals surface area contributed by atoms with Gasteiger partial charge in [-0.05, 0) is 37.6 Å². The molecule has 0 amide bonds. The Morgan fingerprint density at radius 3 is 2.65 bits per heavy atom. The molecule has 0 aliphatic carbocycles. The molecule has 20 heavy (non-hydrogen) atoms. The fraction of sp³-hybridized carbons (Fsp3) is 0.286. The van der Waals surface area contributed by atoms with E-state index >= 15 is 0 Å². The number of aryl methyl sites for hydroxylation is 1. The van der Waals surface area contributed by atoms with E-state index in [2.05, 4.69) is 4.72 Å². The van der Waals surface area contributed by atoms with E-state index in [1.165, 1.54) is 0 Å². The van der Waals surface area contributed by atoms with Gasteiger partial charge in [0.15, 0.2) is 0 Å². The van der Waals surface area contributed by atoms with Crippen LogP contribution in [0.3, 0.4) is 0 Å². The Morgan fingerprint density at radius 1 is 1.30 bits per heavy atom. The molecule has 1 heterocycles. The van der Waals surface area contributed by atoms with Gasteiger partial charge in [-0.2, -0.15) is 0 Å². The molecule has 0 saturated heterocycles. The van der Waals surface area contributed by atoms with Crippen molar-refractivity contribution in [1.82, 2.24) is 4.72 Å². The minimum Gasteiger partial charge on any atom is -0.469 e. The largest absolute Gasteiger partial charge is 0.469 e. The number of rotatable bonds is 5. The topological polar surface area (TPSA) is 85.3 Å². The fourth-order valence-corrected chi connectivity index (χ4v) is 3.74. The van der Waals surface area contributed by atoms with Gasteiger partial charge < -0.3 is 10.2 Å². The molecule has 1 atom stereocenters. The number of anilines is 1. The summed E-state index contributed by atoms with van der Waals surface area (Å²) in [6.45, 7) is 3.51. The zero-order chi connectivity index (χ0) is 14.8. The van der Waals surface area contributed by atoms with Crippen molar-refractivity contribution in [3.8, 4) is 0 Å². The fourth-order valence-electron chi connectivity index (χ4n) is 2.14. The van der Waals surface area contributed by atoms with Gasteiger partial charge in [-0.25, -0.2) is 13.1 Å². The highest BCUT2D eigenvalue weighted by atomic mass is 32.2. The van der Waals surface area contributed by atoms with E-state index in [4.69, 9.17) is 10.2 Å². The predicted octanol–water partition coefficient (Wildman–Crippen LogP) is 2.08. The van der Waals surface area contributed by atoms with Crippen molar-refractivity contribution in [2.24, 2.45) is 0 Å². The molecular weight excluding hydrogens is 276 g/mol. The number of nitrogens with two attached hydrogens (primary N) is 1. The molecule has 2 rings (SSSR count). The molecule has 1 aromatic carbocycles. The van der Waals surface area contributed by atoms with Crippen molar-refractivity contribution < 1.29 is 12.8 Å². The third-order valence-corrected chi connectivity index (χ3v) is 4.76. The standard InChI is InChI=1S/C14H18N2O3S/c1-10-5-3-7-13(15)14(10)20(17,18)16-11(2)9-12-6-4-8-19-12/h3-8,11,16H,9,15H2,1-2H3. The average Bonchev–Trinajstić information content (AvgIpc) is 2.79. The molecule has 0 spiro atoms. The lowest BCUT2D eigenvalue weighted by Gasteiger charge is -2.15. The van der Waals surface area contributed by atoms with Crippen LogP contribution >= 0.6 is 0 Å². The lowest BCUT2D eigenvalue weighted by molar-refractivity contribution is 0.479. The van der Waals surface area contributed by atoms with Gasteiger partial charge in [-0.3, -0.25) is 0 Å². The van der Waals surface area contributed by atoms with Crippen LogP contribution in [0.2, 0.25) is 0 Å². The van der Waals surface area contributed by atoms with Gasteiger partial charge in [0.2, 0.25) is 10.0 Å². The van der Waals surface area contributed by atoms with E-state index in [1.807, 2.05) is 6.07 Å². The monoisotopic (exact) mass is 294 g/mol. The molecule has 0 bridgehead atoms. The van der Waals surface area contributed by atoms with Crippen molar-refractivity contribution in [3.05, 3.63) is 47.9 Å². The molecule has 3 N–H and O–H groups in total. The summed E-state index contributed by atoms with van der Waals surface area (Å²) >= 11 is 0. The molecule has 1 unspecified atom stereocenters. The van der Waals surface area contributed by atoms with E-state index in [1.54, 1.807) is 44.4 Å². The molecular formula is C14H18N2O3S. The first-order valence-electron chi connectivity index (χ1n) is 6.30. The molecule has 2 aromatic rings. The quantitative estimate of drug-likeness (QED) is 0.827. The average molecular weight is 294 g/mol. The summed E-state index contributed by atoms with van der Waals surface area (Å²) in [6.07, 6.45) is 2.05. The number of nitrogen functional groups attached to an aromatic ring is 1. The van der Waals surface area contributed by atoms with Gasteiger partial charge in [-0.15, -0.1) is 0 Å². The van der Waals surface area contributed by atoms with E-state index in [0.717, 1.165) is 5.76 Å². The summed E-state index contributed by atoms with van der Waals surface area (Å²) in [7, 11) is -3.64. The van der Waals surface area contributed by atoms with Gasteiger partial charge in [0, 0.05) is 12.5 Å². The first kappa shape index (κ1) is 14.6. The Labute approximate surface area is 118 Å². The van der Waals surface area contributed by atoms with Crippen LogP contribution in [0, 0.1) is 6.92 Å². The second-order valence-electron chi connectivity index (χ2n) is 4.80. The maximum atomic E-state index is 12.4. The van der Waals surface area contributed by atoms with Crippen molar-refractivity contribution in [3.63, 3.8) is 0 Å². The maximum Gasteiger partial charge on any atom is 0.243 e. The van der Waals surface area contributed by atoms with Gasteiger partial charge in [0.25, 0.3) is 0 Å². The Bertz CT molecular complexity index is 658. The third kappa shape index (κ3) is 3.20. The maximum absolute atomic E-state index is 12.4. The van der Waals surface area contributed by atoms with Crippen LogP contribution in [0.15, 0.2) is 45.9 Å². The number of sulfonamides is 1. The Balaban J connectivity index is 2.19. The van der Waals surface area contributed by atoms with Crippen LogP contribution in [0.25, 0.3) is 0 Å². The van der Waals surface area contributed by atoms with Gasteiger partial charge in [0.1, 0.15) is 10.7 Å². The van der Waals surface area contributed by atoms with Crippen molar-refractivity contribution >= 4 is 15.7 Å². The van der Waals surface area contributed by atoms with Crippen molar-refractivity contribution in [2.75, 3.05) is 5.73 Å². The number of hydrogen-bond acceptors (Lipinski definition) is 4. The SMILES string of the molecule is Cc1cccc(N)c1S(=O)(=O)NC(C)Cc1ccco1. The predicted molar refractivity (Wildman–Crippen MR) is 77.8 cm³/mol. The Kier molecular flexibility index (Phi) is 4.15. The number of benzene rings is 1. The van der Waals surface area contributed by atoms with Gasteiger partial charge in [-0.1, -0.05) is 12.1 Å². The normalized spacial score (nSPS) is 13.3. The minimum absolute atomic E-state index is 0.145. The van der Waals surface area contributed by atoms with Crippen LogP contribution in [-0.4, -0.2) is 14.5 Å². The molecule has 0 radical (unpaired) electrons. The number of furan rings is 1. The van der Waals surface area contributed by atoms with E-state index in [0.29, 0.717) is 12.0 Å². The zero-order valence-corrected chi connectivity index (χ0v) is 12.3. The lowest BCUT2D eigenvalue weighted by Crippen LogP contribution is -2.34. The first-order valence-corrected chi connectivity index (χ1v) is 7.78. The zero-order valence-electron chi connectivity index (χ0n) is 11.5. The summed E-state index contributed by atoms with van der Waals surface area (Å²) in [5, 5.41) is 0. The second kappa shape index (κ2) is 5.68. The molecule has 0 aliphatic heterocycles. The van der Waals surface area contributed by atoms with Crippen molar-refractivity contribution in [1.29, 1.82) is 0 Å². The van der Waals surface area contributed by atoms with Gasteiger partial charge in [0.05, 0.1) is 12.0 Å². The number of hydrogen-bond donors (Lipinski definition) is 2. The van der Waals surface area contributed by atoms with E-state index in [9.17, 15) is 8.42 Å². The van der Waals surface area contributed by atoms with Crippen LogP contribution in [-0.2, 0) is 16.4 Å².